The molecule has 1 atom stereocenters. The fraction of sp³-hybridized carbons (Fsp3) is 0.118. The molecule has 0 aromatic heterocycles. The minimum absolute atomic E-state index is 0.141. The van der Waals surface area contributed by atoms with Gasteiger partial charge in [0.05, 0.1) is 5.41 Å². The Balaban J connectivity index is 1.65. The normalized spacial score (nSPS) is 18.5. The van der Waals surface area contributed by atoms with Crippen molar-refractivity contribution >= 4 is 11.6 Å². The number of hydrogen-bond donors (Lipinski definition) is 0. The summed E-state index contributed by atoms with van der Waals surface area (Å²) in [4.78, 5) is 0. The van der Waals surface area contributed by atoms with Gasteiger partial charge in [-0.3, -0.25) is 0 Å². The Morgan fingerprint density at radius 2 is 1.09 bits per heavy atom. The third-order valence-corrected chi connectivity index (χ3v) is 8.45. The van der Waals surface area contributed by atoms with Crippen LogP contribution in [0.3, 0.4) is 0 Å². The molecule has 0 fully saturated rings. The Morgan fingerprint density at radius 3 is 1.89 bits per heavy atom. The summed E-state index contributed by atoms with van der Waals surface area (Å²) in [5, 5.41) is 0.778. The number of fused-ring (bicyclic) bond motifs is 9. The van der Waals surface area contributed by atoms with Crippen LogP contribution in [0.15, 0.2) is 115 Å². The Labute approximate surface area is 211 Å². The van der Waals surface area contributed by atoms with Crippen molar-refractivity contribution in [2.24, 2.45) is 0 Å². The van der Waals surface area contributed by atoms with Gasteiger partial charge in [-0.1, -0.05) is 123 Å². The third kappa shape index (κ3) is 2.64. The van der Waals surface area contributed by atoms with Crippen LogP contribution < -0.4 is 0 Å². The number of benzene rings is 5. The van der Waals surface area contributed by atoms with Gasteiger partial charge < -0.3 is 0 Å². The Morgan fingerprint density at radius 1 is 0.457 bits per heavy atom. The molecule has 0 saturated heterocycles. The number of halogens is 1. The maximum absolute atomic E-state index is 6.68. The van der Waals surface area contributed by atoms with Crippen LogP contribution in [0.25, 0.3) is 22.3 Å². The second-order valence-electron chi connectivity index (χ2n) is 10.3. The van der Waals surface area contributed by atoms with Crippen LogP contribution >= 0.6 is 11.6 Å². The molecule has 5 aromatic rings. The lowest BCUT2D eigenvalue weighted by atomic mass is 9.55. The number of rotatable bonds is 1. The van der Waals surface area contributed by atoms with Crippen molar-refractivity contribution in [3.63, 3.8) is 0 Å². The van der Waals surface area contributed by atoms with E-state index < -0.39 is 5.41 Å². The van der Waals surface area contributed by atoms with Gasteiger partial charge in [-0.2, -0.15) is 0 Å². The Bertz CT molecular complexity index is 1630. The van der Waals surface area contributed by atoms with Crippen LogP contribution in [-0.4, -0.2) is 0 Å². The molecule has 0 bridgehead atoms. The molecule has 0 N–H and O–H groups in total. The van der Waals surface area contributed by atoms with Crippen molar-refractivity contribution in [3.05, 3.63) is 154 Å². The molecule has 2 aliphatic rings. The molecule has 0 saturated carbocycles. The second-order valence-corrected chi connectivity index (χ2v) is 10.7. The zero-order valence-corrected chi connectivity index (χ0v) is 20.6. The quantitative estimate of drug-likeness (QED) is 0.226. The van der Waals surface area contributed by atoms with Crippen LogP contribution in [0, 0.1) is 0 Å². The highest BCUT2D eigenvalue weighted by Gasteiger charge is 2.53. The minimum atomic E-state index is -0.395. The zero-order valence-electron chi connectivity index (χ0n) is 19.8. The van der Waals surface area contributed by atoms with Gasteiger partial charge in [-0.25, -0.2) is 0 Å². The molecule has 1 spiro atoms. The van der Waals surface area contributed by atoms with Crippen molar-refractivity contribution in [2.75, 3.05) is 0 Å². The Hall–Kier alpha value is -3.61. The van der Waals surface area contributed by atoms with Gasteiger partial charge >= 0.3 is 0 Å². The molecule has 0 heterocycles. The molecule has 168 valence electrons. The standard InChI is InChI=1S/C34H25Cl/c1-33(2)28-14-8-9-15-29(28)34(30-19-16-23(20-32(30)33)22-10-4-3-5-11-22)27-13-7-6-12-25(27)26-18-17-24(35)21-31(26)34/h3-21H,1-2H3. The van der Waals surface area contributed by atoms with Crippen molar-refractivity contribution in [2.45, 2.75) is 24.7 Å². The summed E-state index contributed by atoms with van der Waals surface area (Å²) < 4.78 is 0. The lowest BCUT2D eigenvalue weighted by molar-refractivity contribution is 0.563. The van der Waals surface area contributed by atoms with E-state index in [0.717, 1.165) is 5.02 Å². The molecular weight excluding hydrogens is 444 g/mol. The maximum atomic E-state index is 6.68. The van der Waals surface area contributed by atoms with E-state index in [1.54, 1.807) is 0 Å². The topological polar surface area (TPSA) is 0 Å². The second kappa shape index (κ2) is 7.20. The molecule has 2 aliphatic carbocycles. The lowest BCUT2D eigenvalue weighted by Crippen LogP contribution is -2.40. The molecule has 0 aliphatic heterocycles. The van der Waals surface area contributed by atoms with Crippen LogP contribution in [0.4, 0.5) is 0 Å². The highest BCUT2D eigenvalue weighted by atomic mass is 35.5. The van der Waals surface area contributed by atoms with Gasteiger partial charge in [0.2, 0.25) is 0 Å². The van der Waals surface area contributed by atoms with E-state index in [1.807, 2.05) is 6.07 Å². The number of hydrogen-bond acceptors (Lipinski definition) is 0. The largest absolute Gasteiger partial charge is 0.0843 e. The van der Waals surface area contributed by atoms with Gasteiger partial charge in [-0.15, -0.1) is 0 Å². The van der Waals surface area contributed by atoms with Crippen molar-refractivity contribution in [1.29, 1.82) is 0 Å². The van der Waals surface area contributed by atoms with E-state index in [4.69, 9.17) is 11.6 Å². The van der Waals surface area contributed by atoms with Gasteiger partial charge in [-0.05, 0) is 73.8 Å². The first kappa shape index (κ1) is 20.7. The molecule has 5 aromatic carbocycles. The first-order valence-corrected chi connectivity index (χ1v) is 12.6. The summed E-state index contributed by atoms with van der Waals surface area (Å²) in [6, 6.07) is 42.1. The summed E-state index contributed by atoms with van der Waals surface area (Å²) in [6.45, 7) is 4.73. The maximum Gasteiger partial charge on any atom is 0.0720 e. The molecule has 0 nitrogen and oxygen atoms in total. The van der Waals surface area contributed by atoms with Crippen LogP contribution in [0.1, 0.15) is 47.2 Å². The van der Waals surface area contributed by atoms with Crippen molar-refractivity contribution < 1.29 is 0 Å². The molecule has 0 amide bonds. The zero-order chi connectivity index (χ0) is 23.8. The summed E-state index contributed by atoms with van der Waals surface area (Å²) in [5.74, 6) is 0. The van der Waals surface area contributed by atoms with Crippen LogP contribution in [0.2, 0.25) is 5.02 Å². The van der Waals surface area contributed by atoms with Gasteiger partial charge in [0.1, 0.15) is 0 Å². The summed E-state index contributed by atoms with van der Waals surface area (Å²) >= 11 is 6.68. The van der Waals surface area contributed by atoms with Crippen LogP contribution in [-0.2, 0) is 10.8 Å². The van der Waals surface area contributed by atoms with Crippen molar-refractivity contribution in [3.8, 4) is 22.3 Å². The summed E-state index contributed by atoms with van der Waals surface area (Å²) in [7, 11) is 0. The molecule has 1 unspecified atom stereocenters. The van der Waals surface area contributed by atoms with E-state index in [9.17, 15) is 0 Å². The monoisotopic (exact) mass is 468 g/mol. The molecular formula is C34H25Cl. The smallest absolute Gasteiger partial charge is 0.0720 e. The van der Waals surface area contributed by atoms with Gasteiger partial charge in [0.25, 0.3) is 0 Å². The van der Waals surface area contributed by atoms with E-state index in [1.165, 1.54) is 55.6 Å². The first-order chi connectivity index (χ1) is 17.0. The van der Waals surface area contributed by atoms with Gasteiger partial charge in [0.15, 0.2) is 0 Å². The lowest BCUT2D eigenvalue weighted by Gasteiger charge is -2.47. The van der Waals surface area contributed by atoms with Gasteiger partial charge in [0, 0.05) is 10.4 Å². The predicted octanol–water partition coefficient (Wildman–Crippen LogP) is 9.01. The average Bonchev–Trinajstić information content (AvgIpc) is 3.18. The van der Waals surface area contributed by atoms with E-state index in [2.05, 4.69) is 123 Å². The minimum Gasteiger partial charge on any atom is -0.0843 e. The highest BCUT2D eigenvalue weighted by molar-refractivity contribution is 6.30. The van der Waals surface area contributed by atoms with Crippen molar-refractivity contribution in [1.82, 2.24) is 0 Å². The molecule has 7 rings (SSSR count). The third-order valence-electron chi connectivity index (χ3n) is 8.22. The molecule has 35 heavy (non-hydrogen) atoms. The predicted molar refractivity (Wildman–Crippen MR) is 146 cm³/mol. The summed E-state index contributed by atoms with van der Waals surface area (Å²) in [5.41, 5.74) is 12.6. The fourth-order valence-corrected chi connectivity index (χ4v) is 6.85. The summed E-state index contributed by atoms with van der Waals surface area (Å²) in [6.07, 6.45) is 0. The fourth-order valence-electron chi connectivity index (χ4n) is 6.68. The highest BCUT2D eigenvalue weighted by Crippen LogP contribution is 2.62. The Kier molecular flexibility index (Phi) is 4.26. The molecule has 1 heteroatoms. The SMILES string of the molecule is CC1(C)c2ccccc2C2(c3ccccc3-c3ccc(Cl)cc32)c2ccc(-c3ccccc3)cc21. The first-order valence-electron chi connectivity index (χ1n) is 12.2. The van der Waals surface area contributed by atoms with Crippen LogP contribution in [0.5, 0.6) is 0 Å². The van der Waals surface area contributed by atoms with E-state index in [-0.39, 0.29) is 5.41 Å². The average molecular weight is 469 g/mol. The van der Waals surface area contributed by atoms with E-state index in [0.29, 0.717) is 0 Å². The van der Waals surface area contributed by atoms with E-state index >= 15 is 0 Å². The molecule has 0 radical (unpaired) electrons.